The number of amides is 1. The van der Waals surface area contributed by atoms with Crippen LogP contribution in [-0.4, -0.2) is 43.0 Å². The Balaban J connectivity index is 1.64. The molecular formula is C15H28N2O3. The third-order valence-corrected chi connectivity index (χ3v) is 3.80. The number of alkyl carbamates (subject to hydrolysis) is 1. The second kappa shape index (κ2) is 6.76. The molecule has 5 heteroatoms. The fourth-order valence-corrected chi connectivity index (χ4v) is 2.83. The van der Waals surface area contributed by atoms with Crippen LogP contribution in [0.15, 0.2) is 0 Å². The molecule has 5 nitrogen and oxygen atoms in total. The van der Waals surface area contributed by atoms with Crippen molar-refractivity contribution in [1.82, 2.24) is 10.6 Å². The predicted molar refractivity (Wildman–Crippen MR) is 77.8 cm³/mol. The first-order valence-electron chi connectivity index (χ1n) is 7.78. The van der Waals surface area contributed by atoms with E-state index in [-0.39, 0.29) is 12.1 Å². The largest absolute Gasteiger partial charge is 0.444 e. The summed E-state index contributed by atoms with van der Waals surface area (Å²) >= 11 is 0. The molecule has 2 fully saturated rings. The molecular weight excluding hydrogens is 256 g/mol. The minimum absolute atomic E-state index is 0.228. The third-order valence-electron chi connectivity index (χ3n) is 3.80. The van der Waals surface area contributed by atoms with Crippen molar-refractivity contribution in [2.45, 2.75) is 76.7 Å². The van der Waals surface area contributed by atoms with E-state index in [0.717, 1.165) is 45.2 Å². The third kappa shape index (κ3) is 5.29. The van der Waals surface area contributed by atoms with Gasteiger partial charge in [0.15, 0.2) is 0 Å². The van der Waals surface area contributed by atoms with Gasteiger partial charge in [-0.25, -0.2) is 4.79 Å². The Bertz CT molecular complexity index is 314. The number of carbonyl (C=O) groups is 1. The van der Waals surface area contributed by atoms with E-state index in [4.69, 9.17) is 9.47 Å². The van der Waals surface area contributed by atoms with Crippen LogP contribution in [0.3, 0.4) is 0 Å². The Hall–Kier alpha value is -0.810. The Labute approximate surface area is 121 Å². The summed E-state index contributed by atoms with van der Waals surface area (Å²) < 4.78 is 11.4. The van der Waals surface area contributed by atoms with Crippen molar-refractivity contribution < 1.29 is 14.3 Å². The minimum Gasteiger partial charge on any atom is -0.444 e. The summed E-state index contributed by atoms with van der Waals surface area (Å²) in [4.78, 5) is 11.7. The Kier molecular flexibility index (Phi) is 5.27. The first-order chi connectivity index (χ1) is 9.42. The molecule has 2 rings (SSSR count). The lowest BCUT2D eigenvalue weighted by Crippen LogP contribution is -2.42. The van der Waals surface area contributed by atoms with Crippen molar-refractivity contribution in [2.75, 3.05) is 13.1 Å². The van der Waals surface area contributed by atoms with Gasteiger partial charge >= 0.3 is 6.09 Å². The zero-order valence-electron chi connectivity index (χ0n) is 12.9. The Morgan fingerprint density at radius 1 is 1.10 bits per heavy atom. The van der Waals surface area contributed by atoms with Crippen molar-refractivity contribution in [3.8, 4) is 0 Å². The van der Waals surface area contributed by atoms with Gasteiger partial charge < -0.3 is 20.1 Å². The van der Waals surface area contributed by atoms with Crippen LogP contribution in [0.5, 0.6) is 0 Å². The summed E-state index contributed by atoms with van der Waals surface area (Å²) in [6.07, 6.45) is 5.56. The van der Waals surface area contributed by atoms with E-state index in [2.05, 4.69) is 10.6 Å². The molecule has 0 radical (unpaired) electrons. The molecule has 2 aliphatic rings. The monoisotopic (exact) mass is 284 g/mol. The normalized spacial score (nSPS) is 31.1. The lowest BCUT2D eigenvalue weighted by molar-refractivity contribution is -0.0246. The molecule has 20 heavy (non-hydrogen) atoms. The predicted octanol–water partition coefficient (Wildman–Crippen LogP) is 2.20. The van der Waals surface area contributed by atoms with Crippen LogP contribution in [0, 0.1) is 0 Å². The van der Waals surface area contributed by atoms with Crippen molar-refractivity contribution in [2.24, 2.45) is 0 Å². The molecule has 1 aliphatic heterocycles. The number of nitrogens with one attached hydrogen (secondary N) is 2. The zero-order chi connectivity index (χ0) is 14.6. The van der Waals surface area contributed by atoms with Gasteiger partial charge in [0, 0.05) is 12.6 Å². The highest BCUT2D eigenvalue weighted by Gasteiger charge is 2.27. The van der Waals surface area contributed by atoms with Gasteiger partial charge in [0.1, 0.15) is 5.60 Å². The number of rotatable bonds is 3. The summed E-state index contributed by atoms with van der Waals surface area (Å²) in [6.45, 7) is 7.70. The molecule has 0 bridgehead atoms. The van der Waals surface area contributed by atoms with E-state index in [1.807, 2.05) is 20.8 Å². The van der Waals surface area contributed by atoms with E-state index in [9.17, 15) is 4.79 Å². The van der Waals surface area contributed by atoms with Crippen LogP contribution in [0.4, 0.5) is 4.79 Å². The molecule has 0 aromatic heterocycles. The Morgan fingerprint density at radius 3 is 2.35 bits per heavy atom. The average Bonchev–Trinajstić information content (AvgIpc) is 2.82. The number of ether oxygens (including phenoxy) is 2. The highest BCUT2D eigenvalue weighted by molar-refractivity contribution is 5.68. The van der Waals surface area contributed by atoms with E-state index >= 15 is 0 Å². The second-order valence-corrected chi connectivity index (χ2v) is 6.87. The SMILES string of the molecule is CC(C)(C)OC(=O)NC1CCC(OC2CCNC2)CC1. The van der Waals surface area contributed by atoms with Crippen LogP contribution >= 0.6 is 0 Å². The highest BCUT2D eigenvalue weighted by atomic mass is 16.6. The van der Waals surface area contributed by atoms with Gasteiger partial charge in [-0.3, -0.25) is 0 Å². The van der Waals surface area contributed by atoms with Crippen molar-refractivity contribution >= 4 is 6.09 Å². The van der Waals surface area contributed by atoms with Crippen LogP contribution in [0.25, 0.3) is 0 Å². The van der Waals surface area contributed by atoms with Crippen molar-refractivity contribution in [3.05, 3.63) is 0 Å². The first kappa shape index (κ1) is 15.6. The highest BCUT2D eigenvalue weighted by Crippen LogP contribution is 2.23. The minimum atomic E-state index is -0.431. The standard InChI is InChI=1S/C15H28N2O3/c1-15(2,3)20-14(18)17-11-4-6-12(7-5-11)19-13-8-9-16-10-13/h11-13,16H,4-10H2,1-3H3,(H,17,18). The molecule has 0 aromatic rings. The first-order valence-corrected chi connectivity index (χ1v) is 7.78. The Morgan fingerprint density at radius 2 is 1.80 bits per heavy atom. The molecule has 1 unspecified atom stereocenters. The van der Waals surface area contributed by atoms with Gasteiger partial charge in [0.25, 0.3) is 0 Å². The molecule has 1 atom stereocenters. The van der Waals surface area contributed by atoms with E-state index in [1.165, 1.54) is 0 Å². The fraction of sp³-hybridized carbons (Fsp3) is 0.933. The lowest BCUT2D eigenvalue weighted by atomic mass is 9.93. The van der Waals surface area contributed by atoms with Crippen LogP contribution in [0.2, 0.25) is 0 Å². The molecule has 0 aromatic carbocycles. The van der Waals surface area contributed by atoms with Crippen molar-refractivity contribution in [3.63, 3.8) is 0 Å². The molecule has 1 saturated carbocycles. The van der Waals surface area contributed by atoms with Crippen LogP contribution < -0.4 is 10.6 Å². The quantitative estimate of drug-likeness (QED) is 0.834. The zero-order valence-corrected chi connectivity index (χ0v) is 12.9. The van der Waals surface area contributed by atoms with E-state index < -0.39 is 5.60 Å². The maximum atomic E-state index is 11.7. The summed E-state index contributed by atoms with van der Waals surface area (Å²) in [5.74, 6) is 0. The average molecular weight is 284 g/mol. The second-order valence-electron chi connectivity index (χ2n) is 6.87. The molecule has 1 saturated heterocycles. The van der Waals surface area contributed by atoms with Gasteiger partial charge in [-0.05, 0) is 59.4 Å². The molecule has 2 N–H and O–H groups in total. The van der Waals surface area contributed by atoms with Crippen molar-refractivity contribution in [1.29, 1.82) is 0 Å². The van der Waals surface area contributed by atoms with Gasteiger partial charge in [0.05, 0.1) is 12.2 Å². The summed E-state index contributed by atoms with van der Waals surface area (Å²) in [7, 11) is 0. The van der Waals surface area contributed by atoms with Crippen LogP contribution in [-0.2, 0) is 9.47 Å². The molecule has 1 amide bonds. The number of hydrogen-bond acceptors (Lipinski definition) is 4. The van der Waals surface area contributed by atoms with Gasteiger partial charge in [-0.15, -0.1) is 0 Å². The number of hydrogen-bond donors (Lipinski definition) is 2. The van der Waals surface area contributed by atoms with Gasteiger partial charge in [0.2, 0.25) is 0 Å². The molecule has 1 heterocycles. The fourth-order valence-electron chi connectivity index (χ4n) is 2.83. The molecule has 0 spiro atoms. The molecule has 116 valence electrons. The van der Waals surface area contributed by atoms with Crippen LogP contribution in [0.1, 0.15) is 52.9 Å². The summed E-state index contributed by atoms with van der Waals surface area (Å²) in [5, 5.41) is 6.28. The summed E-state index contributed by atoms with van der Waals surface area (Å²) in [5.41, 5.74) is -0.431. The maximum absolute atomic E-state index is 11.7. The number of carbonyl (C=O) groups excluding carboxylic acids is 1. The van der Waals surface area contributed by atoms with Gasteiger partial charge in [-0.1, -0.05) is 0 Å². The van der Waals surface area contributed by atoms with Gasteiger partial charge in [-0.2, -0.15) is 0 Å². The summed E-state index contributed by atoms with van der Waals surface area (Å²) in [6, 6.07) is 0.228. The molecule has 1 aliphatic carbocycles. The topological polar surface area (TPSA) is 59.6 Å². The van der Waals surface area contributed by atoms with E-state index in [1.54, 1.807) is 0 Å². The van der Waals surface area contributed by atoms with E-state index in [0.29, 0.717) is 12.2 Å². The maximum Gasteiger partial charge on any atom is 0.407 e. The lowest BCUT2D eigenvalue weighted by Gasteiger charge is -2.31. The smallest absolute Gasteiger partial charge is 0.407 e.